The number of epoxide rings is 1. The highest BCUT2D eigenvalue weighted by atomic mass is 28.3. The van der Waals surface area contributed by atoms with Crippen LogP contribution in [0.25, 0.3) is 0 Å². The second-order valence-electron chi connectivity index (χ2n) is 11.5. The van der Waals surface area contributed by atoms with E-state index in [0.29, 0.717) is 13.2 Å². The van der Waals surface area contributed by atoms with Crippen molar-refractivity contribution >= 4 is 20.0 Å². The molecule has 1 aliphatic carbocycles. The molecule has 0 aromatic carbocycles. The quantitative estimate of drug-likeness (QED) is 0.0993. The van der Waals surface area contributed by atoms with Crippen molar-refractivity contribution in [2.24, 2.45) is 5.41 Å². The number of carbonyl (C=O) groups excluding carboxylic acids is 2. The van der Waals surface area contributed by atoms with Gasteiger partial charge in [0.05, 0.1) is 19.3 Å². The maximum absolute atomic E-state index is 12.8. The van der Waals surface area contributed by atoms with E-state index in [0.717, 1.165) is 50.1 Å². The lowest BCUT2D eigenvalue weighted by Crippen LogP contribution is -2.32. The van der Waals surface area contributed by atoms with Crippen LogP contribution in [0.2, 0.25) is 25.7 Å². The summed E-state index contributed by atoms with van der Waals surface area (Å²) in [7, 11) is -1.40. The Balaban J connectivity index is 2.05. The molecular formula is C28H46O5Si. The summed E-state index contributed by atoms with van der Waals surface area (Å²) in [6.45, 7) is 18.2. The molecule has 1 aliphatic heterocycles. The molecule has 0 amide bonds. The number of hydrogen-bond acceptors (Lipinski definition) is 5. The first kappa shape index (κ1) is 28.6. The SMILES string of the molecule is CCOC(=O)/C=C/[C@]1(C)OC1CC/C(C)=C/C[C@@]1(C)CCCC(C(=O)OCC)=C1C[Si](C)(C)C. The zero-order valence-electron chi connectivity index (χ0n) is 22.7. The third-order valence-electron chi connectivity index (χ3n) is 6.99. The number of allylic oxidation sites excluding steroid dienone is 3. The Hall–Kier alpha value is -1.66. The van der Waals surface area contributed by atoms with Gasteiger partial charge in [-0.3, -0.25) is 0 Å². The number of rotatable bonds is 12. The van der Waals surface area contributed by atoms with Gasteiger partial charge in [-0.25, -0.2) is 9.59 Å². The third-order valence-corrected chi connectivity index (χ3v) is 8.41. The zero-order chi connectivity index (χ0) is 25.6. The smallest absolute Gasteiger partial charge is 0.333 e. The Kier molecular flexibility index (Phi) is 9.96. The molecule has 1 heterocycles. The number of hydrogen-bond donors (Lipinski definition) is 0. The molecule has 0 saturated carbocycles. The first-order valence-corrected chi connectivity index (χ1v) is 16.6. The Labute approximate surface area is 208 Å². The van der Waals surface area contributed by atoms with Gasteiger partial charge in [0.25, 0.3) is 0 Å². The minimum absolute atomic E-state index is 0.00879. The fourth-order valence-corrected chi connectivity index (χ4v) is 6.59. The number of carbonyl (C=O) groups is 2. The number of ether oxygens (including phenoxy) is 3. The van der Waals surface area contributed by atoms with Gasteiger partial charge >= 0.3 is 11.9 Å². The average molecular weight is 491 g/mol. The minimum Gasteiger partial charge on any atom is -0.463 e. The predicted octanol–water partition coefficient (Wildman–Crippen LogP) is 6.77. The molecule has 6 heteroatoms. The van der Waals surface area contributed by atoms with Crippen LogP contribution < -0.4 is 0 Å². The maximum Gasteiger partial charge on any atom is 0.333 e. The van der Waals surface area contributed by atoms with E-state index >= 15 is 0 Å². The molecule has 1 unspecified atom stereocenters. The van der Waals surface area contributed by atoms with Gasteiger partial charge in [0.15, 0.2) is 0 Å². The van der Waals surface area contributed by atoms with Gasteiger partial charge < -0.3 is 14.2 Å². The summed E-state index contributed by atoms with van der Waals surface area (Å²) in [5.74, 6) is -0.428. The molecule has 2 aliphatic rings. The summed E-state index contributed by atoms with van der Waals surface area (Å²) >= 11 is 0. The van der Waals surface area contributed by atoms with Gasteiger partial charge in [-0.05, 0) is 83.8 Å². The van der Waals surface area contributed by atoms with Crippen molar-refractivity contribution < 1.29 is 23.8 Å². The highest BCUT2D eigenvalue weighted by Gasteiger charge is 2.49. The summed E-state index contributed by atoms with van der Waals surface area (Å²) in [6.07, 6.45) is 11.6. The van der Waals surface area contributed by atoms with E-state index in [9.17, 15) is 9.59 Å². The molecule has 1 saturated heterocycles. The molecule has 0 N–H and O–H groups in total. The van der Waals surface area contributed by atoms with Crippen LogP contribution in [0.3, 0.4) is 0 Å². The average Bonchev–Trinajstić information content (AvgIpc) is 3.40. The van der Waals surface area contributed by atoms with E-state index in [-0.39, 0.29) is 29.1 Å². The van der Waals surface area contributed by atoms with Crippen LogP contribution in [0.15, 0.2) is 34.9 Å². The van der Waals surface area contributed by atoms with Crippen LogP contribution in [-0.4, -0.2) is 44.9 Å². The van der Waals surface area contributed by atoms with Gasteiger partial charge in [-0.2, -0.15) is 0 Å². The highest BCUT2D eigenvalue weighted by Crippen LogP contribution is 2.48. The Morgan fingerprint density at radius 2 is 1.82 bits per heavy atom. The van der Waals surface area contributed by atoms with E-state index in [4.69, 9.17) is 14.2 Å². The van der Waals surface area contributed by atoms with Crippen molar-refractivity contribution in [3.63, 3.8) is 0 Å². The van der Waals surface area contributed by atoms with Crippen molar-refractivity contribution in [2.75, 3.05) is 13.2 Å². The maximum atomic E-state index is 12.8. The van der Waals surface area contributed by atoms with Crippen molar-refractivity contribution in [3.8, 4) is 0 Å². The third kappa shape index (κ3) is 8.23. The van der Waals surface area contributed by atoms with Gasteiger partial charge in [0, 0.05) is 19.7 Å². The molecule has 5 nitrogen and oxygen atoms in total. The summed E-state index contributed by atoms with van der Waals surface area (Å²) in [6, 6.07) is 1.05. The van der Waals surface area contributed by atoms with E-state index in [1.165, 1.54) is 17.2 Å². The van der Waals surface area contributed by atoms with Crippen LogP contribution in [0.4, 0.5) is 0 Å². The van der Waals surface area contributed by atoms with E-state index in [2.05, 4.69) is 39.6 Å². The molecule has 0 radical (unpaired) electrons. The van der Waals surface area contributed by atoms with Crippen molar-refractivity contribution in [1.82, 2.24) is 0 Å². The summed E-state index contributed by atoms with van der Waals surface area (Å²) < 4.78 is 16.2. The molecule has 34 heavy (non-hydrogen) atoms. The number of esters is 2. The molecule has 0 aromatic heterocycles. The normalized spacial score (nSPS) is 27.8. The second-order valence-corrected chi connectivity index (χ2v) is 17.0. The first-order valence-electron chi connectivity index (χ1n) is 12.9. The Morgan fingerprint density at radius 3 is 2.44 bits per heavy atom. The molecule has 1 fully saturated rings. The molecule has 0 aromatic rings. The molecule has 192 valence electrons. The first-order chi connectivity index (χ1) is 15.8. The van der Waals surface area contributed by atoms with Gasteiger partial charge in [0.1, 0.15) is 5.60 Å². The lowest BCUT2D eigenvalue weighted by atomic mass is 9.69. The van der Waals surface area contributed by atoms with Crippen molar-refractivity contribution in [1.29, 1.82) is 0 Å². The molecule has 2 rings (SSSR count). The summed E-state index contributed by atoms with van der Waals surface area (Å²) in [5, 5.41) is 0. The van der Waals surface area contributed by atoms with E-state index < -0.39 is 8.07 Å². The topological polar surface area (TPSA) is 65.1 Å². The van der Waals surface area contributed by atoms with E-state index in [1.54, 1.807) is 6.92 Å². The second kappa shape index (κ2) is 11.8. The van der Waals surface area contributed by atoms with Gasteiger partial charge in [0.2, 0.25) is 0 Å². The van der Waals surface area contributed by atoms with Crippen LogP contribution in [-0.2, 0) is 23.8 Å². The molecule has 3 atom stereocenters. The zero-order valence-corrected chi connectivity index (χ0v) is 23.7. The minimum atomic E-state index is -1.40. The van der Waals surface area contributed by atoms with Crippen LogP contribution in [0, 0.1) is 5.41 Å². The Bertz CT molecular complexity index is 834. The molecule has 0 spiro atoms. The highest BCUT2D eigenvalue weighted by molar-refractivity contribution is 6.76. The van der Waals surface area contributed by atoms with Gasteiger partial charge in [-0.1, -0.05) is 43.8 Å². The lowest BCUT2D eigenvalue weighted by Gasteiger charge is -2.40. The van der Waals surface area contributed by atoms with E-state index in [1.807, 2.05) is 19.9 Å². The summed E-state index contributed by atoms with van der Waals surface area (Å²) in [5.41, 5.74) is 3.28. The monoisotopic (exact) mass is 490 g/mol. The predicted molar refractivity (Wildman–Crippen MR) is 140 cm³/mol. The van der Waals surface area contributed by atoms with Gasteiger partial charge in [-0.15, -0.1) is 0 Å². The Morgan fingerprint density at radius 1 is 1.15 bits per heavy atom. The molecular weight excluding hydrogens is 444 g/mol. The van der Waals surface area contributed by atoms with Crippen LogP contribution in [0.1, 0.15) is 73.1 Å². The largest absolute Gasteiger partial charge is 0.463 e. The fraction of sp³-hybridized carbons (Fsp3) is 0.714. The lowest BCUT2D eigenvalue weighted by molar-refractivity contribution is -0.139. The van der Waals surface area contributed by atoms with Crippen LogP contribution in [0.5, 0.6) is 0 Å². The van der Waals surface area contributed by atoms with Crippen molar-refractivity contribution in [2.45, 2.75) is 111 Å². The fourth-order valence-electron chi connectivity index (χ4n) is 4.89. The van der Waals surface area contributed by atoms with Crippen molar-refractivity contribution in [3.05, 3.63) is 34.9 Å². The summed E-state index contributed by atoms with van der Waals surface area (Å²) in [4.78, 5) is 24.3. The van der Waals surface area contributed by atoms with Crippen LogP contribution >= 0.6 is 0 Å². The standard InChI is InChI=1S/C28H46O5Si/c1-9-31-25(29)16-19-28(5)24(33-28)14-13-21(3)15-18-27(4)17-11-12-22(26(30)32-10-2)23(27)20-34(6,7)8/h15-16,19,24H,9-14,17-18,20H2,1-8H3/b19-16+,21-15+/t24?,27-,28+/m1/s1. The molecule has 0 bridgehead atoms.